The SMILES string of the molecule is CCOC(=O)c1ccc(NC(=O)/C(C#N)=C/c2cc(Cl)ccc2OCc2ccc(C)cc2)cc1. The number of nitriles is 1. The Bertz CT molecular complexity index is 1240. The molecule has 0 radical (unpaired) electrons. The maximum atomic E-state index is 12.7. The van der Waals surface area contributed by atoms with E-state index in [9.17, 15) is 14.9 Å². The molecule has 0 heterocycles. The van der Waals surface area contributed by atoms with Crippen molar-refractivity contribution in [3.63, 3.8) is 0 Å². The second kappa shape index (κ2) is 11.7. The number of hydrogen-bond donors (Lipinski definition) is 1. The molecule has 3 aromatic carbocycles. The van der Waals surface area contributed by atoms with Crippen LogP contribution in [-0.2, 0) is 16.1 Å². The van der Waals surface area contributed by atoms with Gasteiger partial charge < -0.3 is 14.8 Å². The highest BCUT2D eigenvalue weighted by molar-refractivity contribution is 6.30. The normalized spacial score (nSPS) is 10.8. The van der Waals surface area contributed by atoms with Crippen LogP contribution in [0.15, 0.2) is 72.3 Å². The molecule has 0 unspecified atom stereocenters. The molecule has 172 valence electrons. The Hall–Kier alpha value is -4.08. The summed E-state index contributed by atoms with van der Waals surface area (Å²) in [5, 5.41) is 12.7. The van der Waals surface area contributed by atoms with Crippen molar-refractivity contribution in [2.75, 3.05) is 11.9 Å². The first kappa shape index (κ1) is 24.6. The number of hydrogen-bond acceptors (Lipinski definition) is 5. The molecule has 1 N–H and O–H groups in total. The van der Waals surface area contributed by atoms with Crippen LogP contribution >= 0.6 is 11.6 Å². The molecule has 0 bridgehead atoms. The minimum Gasteiger partial charge on any atom is -0.488 e. The molecule has 0 aliphatic heterocycles. The molecule has 34 heavy (non-hydrogen) atoms. The number of halogens is 1. The maximum Gasteiger partial charge on any atom is 0.338 e. The van der Waals surface area contributed by atoms with Gasteiger partial charge in [-0.1, -0.05) is 41.4 Å². The van der Waals surface area contributed by atoms with Crippen LogP contribution in [-0.4, -0.2) is 18.5 Å². The second-order valence-corrected chi connectivity index (χ2v) is 7.81. The Morgan fingerprint density at radius 3 is 2.41 bits per heavy atom. The summed E-state index contributed by atoms with van der Waals surface area (Å²) in [6.07, 6.45) is 1.43. The minimum atomic E-state index is -0.601. The van der Waals surface area contributed by atoms with Crippen molar-refractivity contribution < 1.29 is 19.1 Å². The van der Waals surface area contributed by atoms with Gasteiger partial charge in [0.05, 0.1) is 12.2 Å². The molecule has 7 heteroatoms. The number of anilines is 1. The van der Waals surface area contributed by atoms with E-state index >= 15 is 0 Å². The van der Waals surface area contributed by atoms with Gasteiger partial charge in [-0.15, -0.1) is 0 Å². The molecule has 6 nitrogen and oxygen atoms in total. The van der Waals surface area contributed by atoms with Gasteiger partial charge in [-0.05, 0) is 68.0 Å². The Morgan fingerprint density at radius 2 is 1.76 bits per heavy atom. The first-order valence-corrected chi connectivity index (χ1v) is 11.0. The lowest BCUT2D eigenvalue weighted by atomic mass is 10.1. The molecule has 3 aromatic rings. The molecule has 0 saturated carbocycles. The zero-order chi connectivity index (χ0) is 24.5. The largest absolute Gasteiger partial charge is 0.488 e. The number of amides is 1. The highest BCUT2D eigenvalue weighted by Gasteiger charge is 2.13. The Labute approximate surface area is 203 Å². The monoisotopic (exact) mass is 474 g/mol. The van der Waals surface area contributed by atoms with Gasteiger partial charge in [0, 0.05) is 16.3 Å². The number of carbonyl (C=O) groups is 2. The lowest BCUT2D eigenvalue weighted by molar-refractivity contribution is -0.112. The van der Waals surface area contributed by atoms with E-state index in [1.54, 1.807) is 37.3 Å². The minimum absolute atomic E-state index is 0.128. The van der Waals surface area contributed by atoms with E-state index in [1.165, 1.54) is 18.2 Å². The van der Waals surface area contributed by atoms with Crippen molar-refractivity contribution in [2.24, 2.45) is 0 Å². The van der Waals surface area contributed by atoms with Crippen LogP contribution in [0.4, 0.5) is 5.69 Å². The molecule has 0 aliphatic rings. The van der Waals surface area contributed by atoms with Crippen molar-refractivity contribution >= 4 is 35.2 Å². The number of benzene rings is 3. The van der Waals surface area contributed by atoms with E-state index in [0.717, 1.165) is 11.1 Å². The number of esters is 1. The molecule has 0 atom stereocenters. The van der Waals surface area contributed by atoms with Gasteiger partial charge in [0.15, 0.2) is 0 Å². The molecular formula is C27H23ClN2O4. The summed E-state index contributed by atoms with van der Waals surface area (Å²) in [6.45, 7) is 4.33. The van der Waals surface area contributed by atoms with E-state index in [4.69, 9.17) is 21.1 Å². The van der Waals surface area contributed by atoms with Crippen molar-refractivity contribution in [1.82, 2.24) is 0 Å². The number of aryl methyl sites for hydroxylation is 1. The van der Waals surface area contributed by atoms with Gasteiger partial charge in [0.2, 0.25) is 0 Å². The third-order valence-corrected chi connectivity index (χ3v) is 5.04. The van der Waals surface area contributed by atoms with Gasteiger partial charge in [-0.2, -0.15) is 5.26 Å². The van der Waals surface area contributed by atoms with Crippen molar-refractivity contribution in [1.29, 1.82) is 5.26 Å². The quantitative estimate of drug-likeness (QED) is 0.247. The zero-order valence-corrected chi connectivity index (χ0v) is 19.6. The second-order valence-electron chi connectivity index (χ2n) is 7.38. The third-order valence-electron chi connectivity index (χ3n) is 4.81. The van der Waals surface area contributed by atoms with Crippen LogP contribution in [0.3, 0.4) is 0 Å². The summed E-state index contributed by atoms with van der Waals surface area (Å²) >= 11 is 6.14. The summed E-state index contributed by atoms with van der Waals surface area (Å²) in [5.74, 6) is -0.558. The van der Waals surface area contributed by atoms with Crippen LogP contribution < -0.4 is 10.1 Å². The summed E-state index contributed by atoms with van der Waals surface area (Å²) in [4.78, 5) is 24.5. The van der Waals surface area contributed by atoms with Gasteiger partial charge in [-0.3, -0.25) is 4.79 Å². The average Bonchev–Trinajstić information content (AvgIpc) is 2.83. The Balaban J connectivity index is 1.76. The lowest BCUT2D eigenvalue weighted by Crippen LogP contribution is -2.14. The molecule has 0 saturated heterocycles. The van der Waals surface area contributed by atoms with Crippen molar-refractivity contribution in [3.05, 3.63) is 99.6 Å². The summed E-state index contributed by atoms with van der Waals surface area (Å²) in [5.41, 5.74) is 3.31. The van der Waals surface area contributed by atoms with Crippen molar-refractivity contribution in [2.45, 2.75) is 20.5 Å². The van der Waals surface area contributed by atoms with E-state index in [1.807, 2.05) is 37.3 Å². The number of ether oxygens (including phenoxy) is 2. The molecule has 0 aromatic heterocycles. The standard InChI is InChI=1S/C27H23ClN2O4/c1-3-33-27(32)20-8-11-24(12-9-20)30-26(31)22(16-29)14-21-15-23(28)10-13-25(21)34-17-19-6-4-18(2)5-7-19/h4-15H,3,17H2,1-2H3,(H,30,31)/b22-14+. The highest BCUT2D eigenvalue weighted by Crippen LogP contribution is 2.26. The molecular weight excluding hydrogens is 452 g/mol. The summed E-state index contributed by atoms with van der Waals surface area (Å²) < 4.78 is 10.9. The van der Waals surface area contributed by atoms with Gasteiger partial charge in [-0.25, -0.2) is 4.79 Å². The first-order chi connectivity index (χ1) is 16.4. The Morgan fingerprint density at radius 1 is 1.06 bits per heavy atom. The molecule has 3 rings (SSSR count). The number of nitrogens with zero attached hydrogens (tertiary/aromatic N) is 1. The third kappa shape index (κ3) is 6.71. The van der Waals surface area contributed by atoms with Gasteiger partial charge in [0.25, 0.3) is 5.91 Å². The van der Waals surface area contributed by atoms with E-state index in [-0.39, 0.29) is 12.2 Å². The molecule has 0 spiro atoms. The number of rotatable bonds is 8. The van der Waals surface area contributed by atoms with Crippen LogP contribution in [0, 0.1) is 18.3 Å². The summed E-state index contributed by atoms with van der Waals surface area (Å²) in [7, 11) is 0. The predicted molar refractivity (Wildman–Crippen MR) is 132 cm³/mol. The average molecular weight is 475 g/mol. The van der Waals surface area contributed by atoms with Gasteiger partial charge in [0.1, 0.15) is 24.0 Å². The Kier molecular flexibility index (Phi) is 8.44. The summed E-state index contributed by atoms with van der Waals surface area (Å²) in [6, 6.07) is 21.1. The predicted octanol–water partition coefficient (Wildman–Crippen LogP) is 5.95. The molecule has 0 aliphatic carbocycles. The highest BCUT2D eigenvalue weighted by atomic mass is 35.5. The topological polar surface area (TPSA) is 88.4 Å². The lowest BCUT2D eigenvalue weighted by Gasteiger charge is -2.11. The van der Waals surface area contributed by atoms with Crippen LogP contribution in [0.25, 0.3) is 6.08 Å². The van der Waals surface area contributed by atoms with Crippen LogP contribution in [0.2, 0.25) is 5.02 Å². The number of nitrogens with one attached hydrogen (secondary N) is 1. The van der Waals surface area contributed by atoms with E-state index < -0.39 is 11.9 Å². The van der Waals surface area contributed by atoms with Crippen LogP contribution in [0.5, 0.6) is 5.75 Å². The zero-order valence-electron chi connectivity index (χ0n) is 18.8. The fourth-order valence-corrected chi connectivity index (χ4v) is 3.20. The van der Waals surface area contributed by atoms with E-state index in [0.29, 0.717) is 34.2 Å². The maximum absolute atomic E-state index is 12.7. The van der Waals surface area contributed by atoms with Crippen LogP contribution in [0.1, 0.15) is 34.0 Å². The molecule has 0 fully saturated rings. The van der Waals surface area contributed by atoms with Gasteiger partial charge >= 0.3 is 5.97 Å². The first-order valence-electron chi connectivity index (χ1n) is 10.6. The number of carbonyl (C=O) groups excluding carboxylic acids is 2. The fraction of sp³-hybridized carbons (Fsp3) is 0.148. The smallest absolute Gasteiger partial charge is 0.338 e. The fourth-order valence-electron chi connectivity index (χ4n) is 3.02. The van der Waals surface area contributed by atoms with E-state index in [2.05, 4.69) is 5.32 Å². The molecule has 1 amide bonds. The van der Waals surface area contributed by atoms with Crippen molar-refractivity contribution in [3.8, 4) is 11.8 Å².